The van der Waals surface area contributed by atoms with Crippen molar-refractivity contribution in [3.05, 3.63) is 35.9 Å². The van der Waals surface area contributed by atoms with Crippen LogP contribution in [0.1, 0.15) is 46.6 Å². The van der Waals surface area contributed by atoms with Gasteiger partial charge < -0.3 is 20.5 Å². The van der Waals surface area contributed by atoms with Crippen molar-refractivity contribution in [3.63, 3.8) is 0 Å². The Labute approximate surface area is 160 Å². The van der Waals surface area contributed by atoms with Crippen molar-refractivity contribution in [3.8, 4) is 0 Å². The topological polar surface area (TPSA) is 105 Å². The van der Waals surface area contributed by atoms with Crippen LogP contribution < -0.4 is 10.6 Å². The second kappa shape index (κ2) is 9.94. The zero-order valence-corrected chi connectivity index (χ0v) is 16.6. The minimum absolute atomic E-state index is 0.119. The summed E-state index contributed by atoms with van der Waals surface area (Å²) in [6, 6.07) is 7.08. The molecule has 0 bridgehead atoms. The molecule has 3 N–H and O–H groups in total. The van der Waals surface area contributed by atoms with Crippen LogP contribution in [0.15, 0.2) is 30.3 Å². The van der Waals surface area contributed by atoms with Gasteiger partial charge in [-0.1, -0.05) is 44.2 Å². The Morgan fingerprint density at radius 1 is 1.04 bits per heavy atom. The molecule has 7 heteroatoms. The summed E-state index contributed by atoms with van der Waals surface area (Å²) in [4.78, 5) is 36.2. The molecule has 0 radical (unpaired) electrons. The van der Waals surface area contributed by atoms with Crippen LogP contribution in [0.5, 0.6) is 0 Å². The number of hydrogen-bond donors (Lipinski definition) is 3. The lowest BCUT2D eigenvalue weighted by molar-refractivity contribution is -0.142. The molecule has 1 aromatic carbocycles. The van der Waals surface area contributed by atoms with Gasteiger partial charge in [-0.15, -0.1) is 0 Å². The van der Waals surface area contributed by atoms with Gasteiger partial charge in [0, 0.05) is 6.42 Å². The van der Waals surface area contributed by atoms with Crippen molar-refractivity contribution >= 4 is 18.0 Å². The van der Waals surface area contributed by atoms with Crippen LogP contribution in [0, 0.1) is 5.92 Å². The van der Waals surface area contributed by atoms with Crippen LogP contribution in [0.4, 0.5) is 4.79 Å². The van der Waals surface area contributed by atoms with Crippen molar-refractivity contribution in [2.24, 2.45) is 5.92 Å². The summed E-state index contributed by atoms with van der Waals surface area (Å²) >= 11 is 0. The summed E-state index contributed by atoms with van der Waals surface area (Å²) < 4.78 is 5.20. The number of nitrogens with one attached hydrogen (secondary N) is 2. The van der Waals surface area contributed by atoms with Crippen LogP contribution in [-0.4, -0.2) is 40.8 Å². The fraction of sp³-hybridized carbons (Fsp3) is 0.550. The smallest absolute Gasteiger partial charge is 0.408 e. The minimum atomic E-state index is -1.13. The zero-order chi connectivity index (χ0) is 20.6. The number of carbonyl (C=O) groups excluding carboxylic acids is 2. The third-order valence-corrected chi connectivity index (χ3v) is 3.61. The number of hydrogen-bond acceptors (Lipinski definition) is 4. The van der Waals surface area contributed by atoms with Crippen LogP contribution in [0.25, 0.3) is 0 Å². The van der Waals surface area contributed by atoms with Crippen molar-refractivity contribution in [1.29, 1.82) is 0 Å². The molecule has 0 aliphatic rings. The molecule has 0 heterocycles. The number of rotatable bonds is 8. The van der Waals surface area contributed by atoms with Crippen molar-refractivity contribution < 1.29 is 24.2 Å². The van der Waals surface area contributed by atoms with Crippen LogP contribution in [0.2, 0.25) is 0 Å². The Bertz CT molecular complexity index is 638. The van der Waals surface area contributed by atoms with E-state index >= 15 is 0 Å². The van der Waals surface area contributed by atoms with E-state index in [-0.39, 0.29) is 12.3 Å². The summed E-state index contributed by atoms with van der Waals surface area (Å²) in [6.07, 6.45) is -0.191. The van der Waals surface area contributed by atoms with Crippen molar-refractivity contribution in [2.45, 2.75) is 65.1 Å². The lowest BCUT2D eigenvalue weighted by Gasteiger charge is -2.25. The van der Waals surface area contributed by atoms with E-state index in [0.29, 0.717) is 6.42 Å². The van der Waals surface area contributed by atoms with E-state index in [1.807, 2.05) is 32.0 Å². The average molecular weight is 378 g/mol. The molecule has 27 heavy (non-hydrogen) atoms. The monoisotopic (exact) mass is 378 g/mol. The van der Waals surface area contributed by atoms with Crippen molar-refractivity contribution in [2.75, 3.05) is 0 Å². The van der Waals surface area contributed by atoms with E-state index < -0.39 is 35.7 Å². The van der Waals surface area contributed by atoms with Gasteiger partial charge in [0.2, 0.25) is 5.91 Å². The molecule has 0 aliphatic carbocycles. The second-order valence-corrected chi connectivity index (χ2v) is 7.92. The number of ether oxygens (including phenoxy) is 1. The number of alkyl carbamates (subject to hydrolysis) is 1. The van der Waals surface area contributed by atoms with Gasteiger partial charge in [0.1, 0.15) is 17.7 Å². The van der Waals surface area contributed by atoms with Crippen LogP contribution in [0.3, 0.4) is 0 Å². The fourth-order valence-electron chi connectivity index (χ4n) is 2.47. The van der Waals surface area contributed by atoms with Gasteiger partial charge in [0.15, 0.2) is 0 Å². The highest BCUT2D eigenvalue weighted by molar-refractivity contribution is 5.89. The van der Waals surface area contributed by atoms with Crippen LogP contribution >= 0.6 is 0 Å². The molecule has 7 nitrogen and oxygen atoms in total. The lowest BCUT2D eigenvalue weighted by atomic mass is 10.0. The van der Waals surface area contributed by atoms with E-state index in [1.54, 1.807) is 32.9 Å². The SMILES string of the molecule is CC(C)C[C@H](NC(=O)OC(C)(C)C)C(=O)NC(Cc1ccccc1)C(=O)O. The number of carboxylic acid groups (broad SMARTS) is 1. The maximum atomic E-state index is 12.6. The minimum Gasteiger partial charge on any atom is -0.480 e. The molecule has 2 amide bonds. The van der Waals surface area contributed by atoms with E-state index in [2.05, 4.69) is 10.6 Å². The number of carboxylic acids is 1. The molecule has 1 rings (SSSR count). The maximum absolute atomic E-state index is 12.6. The first kappa shape index (κ1) is 22.5. The Kier molecular flexibility index (Phi) is 8.28. The molecule has 0 fully saturated rings. The molecule has 1 unspecified atom stereocenters. The normalized spacial score (nSPS) is 13.6. The zero-order valence-electron chi connectivity index (χ0n) is 16.6. The molecular weight excluding hydrogens is 348 g/mol. The third-order valence-electron chi connectivity index (χ3n) is 3.61. The van der Waals surface area contributed by atoms with E-state index in [1.165, 1.54) is 0 Å². The van der Waals surface area contributed by atoms with Gasteiger partial charge >= 0.3 is 12.1 Å². The summed E-state index contributed by atoms with van der Waals surface area (Å²) in [7, 11) is 0. The Hall–Kier alpha value is -2.57. The molecule has 0 saturated carbocycles. The summed E-state index contributed by atoms with van der Waals surface area (Å²) in [5, 5.41) is 14.5. The second-order valence-electron chi connectivity index (χ2n) is 7.92. The van der Waals surface area contributed by atoms with Gasteiger partial charge in [-0.25, -0.2) is 9.59 Å². The quantitative estimate of drug-likeness (QED) is 0.645. The van der Waals surface area contributed by atoms with E-state index in [0.717, 1.165) is 5.56 Å². The standard InChI is InChI=1S/C20H30N2O5/c1-13(2)11-15(22-19(26)27-20(3,4)5)17(23)21-16(18(24)25)12-14-9-7-6-8-10-14/h6-10,13,15-16H,11-12H2,1-5H3,(H,21,23)(H,22,26)(H,24,25)/t15-,16?/m0/s1. The highest BCUT2D eigenvalue weighted by Gasteiger charge is 2.28. The van der Waals surface area contributed by atoms with Crippen molar-refractivity contribution in [1.82, 2.24) is 10.6 Å². The Morgan fingerprint density at radius 2 is 1.63 bits per heavy atom. The van der Waals surface area contributed by atoms with Gasteiger partial charge in [0.05, 0.1) is 0 Å². The van der Waals surface area contributed by atoms with E-state index in [4.69, 9.17) is 4.74 Å². The van der Waals surface area contributed by atoms with Gasteiger partial charge in [-0.05, 0) is 38.7 Å². The van der Waals surface area contributed by atoms with E-state index in [9.17, 15) is 19.5 Å². The predicted molar refractivity (Wildman–Crippen MR) is 102 cm³/mol. The van der Waals surface area contributed by atoms with Crippen LogP contribution in [-0.2, 0) is 20.7 Å². The number of amides is 2. The lowest BCUT2D eigenvalue weighted by Crippen LogP contribution is -2.53. The summed E-state index contributed by atoms with van der Waals surface area (Å²) in [5.41, 5.74) is 0.102. The molecule has 1 aromatic rings. The Balaban J connectivity index is 2.82. The first-order valence-electron chi connectivity index (χ1n) is 9.04. The number of aliphatic carboxylic acids is 1. The van der Waals surface area contributed by atoms with Gasteiger partial charge in [0.25, 0.3) is 0 Å². The highest BCUT2D eigenvalue weighted by atomic mass is 16.6. The molecule has 150 valence electrons. The number of benzene rings is 1. The molecule has 0 spiro atoms. The largest absolute Gasteiger partial charge is 0.480 e. The first-order chi connectivity index (χ1) is 12.5. The average Bonchev–Trinajstić information content (AvgIpc) is 2.52. The highest BCUT2D eigenvalue weighted by Crippen LogP contribution is 2.10. The Morgan fingerprint density at radius 3 is 2.11 bits per heavy atom. The molecule has 0 aromatic heterocycles. The predicted octanol–water partition coefficient (Wildman–Crippen LogP) is 2.74. The summed E-state index contributed by atoms with van der Waals surface area (Å²) in [6.45, 7) is 9.00. The van der Waals surface area contributed by atoms with Gasteiger partial charge in [-0.2, -0.15) is 0 Å². The summed E-state index contributed by atoms with van der Waals surface area (Å²) in [5.74, 6) is -1.56. The molecule has 2 atom stereocenters. The molecule has 0 saturated heterocycles. The fourth-order valence-corrected chi connectivity index (χ4v) is 2.47. The van der Waals surface area contributed by atoms with Gasteiger partial charge in [-0.3, -0.25) is 4.79 Å². The maximum Gasteiger partial charge on any atom is 0.408 e. The third kappa shape index (κ3) is 9.08. The molecule has 0 aliphatic heterocycles. The molecular formula is C20H30N2O5. The first-order valence-corrected chi connectivity index (χ1v) is 9.04. The number of carbonyl (C=O) groups is 3.